The highest BCUT2D eigenvalue weighted by Crippen LogP contribution is 2.28. The standard InChI is InChI=1S/C20H30N2O3/c1-24-14-6-8-17-7-4-5-11-22(17)20(23)18-9-2-3-10-19(18)21-12-15-25-16-13-21/h2-3,9-10,17H,4-8,11-16H2,1H3. The van der Waals surface area contributed by atoms with Crippen molar-refractivity contribution in [1.82, 2.24) is 4.90 Å². The molecule has 0 bridgehead atoms. The van der Waals surface area contributed by atoms with E-state index < -0.39 is 0 Å². The van der Waals surface area contributed by atoms with Crippen molar-refractivity contribution in [3.63, 3.8) is 0 Å². The van der Waals surface area contributed by atoms with Crippen LogP contribution in [0.3, 0.4) is 0 Å². The van der Waals surface area contributed by atoms with Gasteiger partial charge in [-0.25, -0.2) is 0 Å². The molecule has 2 saturated heterocycles. The summed E-state index contributed by atoms with van der Waals surface area (Å²) < 4.78 is 10.7. The van der Waals surface area contributed by atoms with Gasteiger partial charge in [0.1, 0.15) is 0 Å². The van der Waals surface area contributed by atoms with Crippen LogP contribution in [-0.4, -0.2) is 63.4 Å². The lowest BCUT2D eigenvalue weighted by atomic mass is 9.96. The summed E-state index contributed by atoms with van der Waals surface area (Å²) >= 11 is 0. The van der Waals surface area contributed by atoms with Crippen molar-refractivity contribution in [1.29, 1.82) is 0 Å². The molecule has 1 unspecified atom stereocenters. The van der Waals surface area contributed by atoms with Gasteiger partial charge in [0.25, 0.3) is 5.91 Å². The Morgan fingerprint density at radius 2 is 2.00 bits per heavy atom. The van der Waals surface area contributed by atoms with Gasteiger partial charge >= 0.3 is 0 Å². The van der Waals surface area contributed by atoms with Gasteiger partial charge in [-0.3, -0.25) is 4.79 Å². The number of nitrogens with zero attached hydrogens (tertiary/aromatic N) is 2. The van der Waals surface area contributed by atoms with Crippen LogP contribution < -0.4 is 4.90 Å². The van der Waals surface area contributed by atoms with Crippen LogP contribution in [0.25, 0.3) is 0 Å². The van der Waals surface area contributed by atoms with Crippen molar-refractivity contribution in [3.8, 4) is 0 Å². The zero-order chi connectivity index (χ0) is 17.5. The minimum atomic E-state index is 0.184. The van der Waals surface area contributed by atoms with E-state index in [0.29, 0.717) is 6.04 Å². The fourth-order valence-electron chi connectivity index (χ4n) is 3.92. The first-order valence-corrected chi connectivity index (χ1v) is 9.53. The molecule has 2 heterocycles. The first kappa shape index (κ1) is 18.2. The van der Waals surface area contributed by atoms with Crippen molar-refractivity contribution in [2.75, 3.05) is 51.5 Å². The van der Waals surface area contributed by atoms with Crippen LogP contribution in [0.4, 0.5) is 5.69 Å². The number of anilines is 1. The summed E-state index contributed by atoms with van der Waals surface area (Å²) in [7, 11) is 1.74. The molecule has 2 aliphatic rings. The van der Waals surface area contributed by atoms with E-state index in [1.165, 1.54) is 6.42 Å². The number of methoxy groups -OCH3 is 1. The molecule has 1 amide bonds. The van der Waals surface area contributed by atoms with Gasteiger partial charge < -0.3 is 19.3 Å². The van der Waals surface area contributed by atoms with Gasteiger partial charge in [-0.15, -0.1) is 0 Å². The number of rotatable bonds is 6. The van der Waals surface area contributed by atoms with E-state index in [1.54, 1.807) is 7.11 Å². The smallest absolute Gasteiger partial charge is 0.256 e. The van der Waals surface area contributed by atoms with Crippen molar-refractivity contribution >= 4 is 11.6 Å². The lowest BCUT2D eigenvalue weighted by Gasteiger charge is -2.37. The number of likely N-dealkylation sites (tertiary alicyclic amines) is 1. The molecule has 1 aromatic rings. The van der Waals surface area contributed by atoms with Crippen LogP contribution in [0.2, 0.25) is 0 Å². The molecule has 2 fully saturated rings. The Morgan fingerprint density at radius 3 is 2.80 bits per heavy atom. The van der Waals surface area contributed by atoms with Gasteiger partial charge in [0.05, 0.1) is 18.8 Å². The summed E-state index contributed by atoms with van der Waals surface area (Å²) in [5.74, 6) is 0.184. The van der Waals surface area contributed by atoms with Gasteiger partial charge in [0, 0.05) is 45.1 Å². The zero-order valence-electron chi connectivity index (χ0n) is 15.3. The number of carbonyl (C=O) groups excluding carboxylic acids is 1. The SMILES string of the molecule is COCCCC1CCCCN1C(=O)c1ccccc1N1CCOCC1. The molecule has 0 saturated carbocycles. The molecule has 0 aliphatic carbocycles. The third kappa shape index (κ3) is 4.53. The maximum Gasteiger partial charge on any atom is 0.256 e. The normalized spacial score (nSPS) is 21.4. The number of ether oxygens (including phenoxy) is 2. The topological polar surface area (TPSA) is 42.0 Å². The number of para-hydroxylation sites is 1. The Bertz CT molecular complexity index is 558. The molecule has 1 aromatic carbocycles. The van der Waals surface area contributed by atoms with Crippen LogP contribution in [0.15, 0.2) is 24.3 Å². The van der Waals surface area contributed by atoms with E-state index in [2.05, 4.69) is 15.9 Å². The van der Waals surface area contributed by atoms with E-state index in [9.17, 15) is 4.79 Å². The zero-order valence-corrected chi connectivity index (χ0v) is 15.3. The van der Waals surface area contributed by atoms with Crippen LogP contribution in [0.1, 0.15) is 42.5 Å². The van der Waals surface area contributed by atoms with Crippen molar-refractivity contribution in [3.05, 3.63) is 29.8 Å². The van der Waals surface area contributed by atoms with Gasteiger partial charge in [-0.2, -0.15) is 0 Å². The first-order chi connectivity index (χ1) is 12.3. The summed E-state index contributed by atoms with van der Waals surface area (Å²) in [5, 5.41) is 0. The van der Waals surface area contributed by atoms with Crippen LogP contribution in [-0.2, 0) is 9.47 Å². The molecule has 5 heteroatoms. The molecule has 5 nitrogen and oxygen atoms in total. The summed E-state index contributed by atoms with van der Waals surface area (Å²) in [6, 6.07) is 8.39. The van der Waals surface area contributed by atoms with E-state index in [1.807, 2.05) is 18.2 Å². The van der Waals surface area contributed by atoms with Crippen molar-refractivity contribution in [2.24, 2.45) is 0 Å². The maximum atomic E-state index is 13.3. The Kier molecular flexibility index (Phi) is 6.70. The van der Waals surface area contributed by atoms with Crippen LogP contribution >= 0.6 is 0 Å². The molecule has 25 heavy (non-hydrogen) atoms. The summed E-state index contributed by atoms with van der Waals surface area (Å²) in [6.45, 7) is 4.79. The average molecular weight is 346 g/mol. The third-order valence-corrected chi connectivity index (χ3v) is 5.26. The summed E-state index contributed by atoms with van der Waals surface area (Å²) in [6.07, 6.45) is 5.46. The highest BCUT2D eigenvalue weighted by molar-refractivity contribution is 6.00. The molecule has 3 rings (SSSR count). The highest BCUT2D eigenvalue weighted by Gasteiger charge is 2.29. The predicted molar refractivity (Wildman–Crippen MR) is 99.3 cm³/mol. The molecular formula is C20H30N2O3. The minimum Gasteiger partial charge on any atom is -0.385 e. The molecule has 0 radical (unpaired) electrons. The lowest BCUT2D eigenvalue weighted by Crippen LogP contribution is -2.45. The van der Waals surface area contributed by atoms with E-state index in [4.69, 9.17) is 9.47 Å². The quantitative estimate of drug-likeness (QED) is 0.743. The Labute approximate surface area is 150 Å². The molecule has 138 valence electrons. The number of carbonyl (C=O) groups is 1. The number of amides is 1. The van der Waals surface area contributed by atoms with Gasteiger partial charge in [0.15, 0.2) is 0 Å². The second-order valence-corrected chi connectivity index (χ2v) is 6.90. The van der Waals surface area contributed by atoms with Crippen LogP contribution in [0, 0.1) is 0 Å². The molecule has 0 aromatic heterocycles. The van der Waals surface area contributed by atoms with E-state index in [0.717, 1.165) is 76.4 Å². The van der Waals surface area contributed by atoms with Crippen LogP contribution in [0.5, 0.6) is 0 Å². The lowest BCUT2D eigenvalue weighted by molar-refractivity contribution is 0.0585. The van der Waals surface area contributed by atoms with Crippen molar-refractivity contribution in [2.45, 2.75) is 38.1 Å². The van der Waals surface area contributed by atoms with Gasteiger partial charge in [-0.05, 0) is 44.2 Å². The minimum absolute atomic E-state index is 0.184. The number of benzene rings is 1. The maximum absolute atomic E-state index is 13.3. The summed E-state index contributed by atoms with van der Waals surface area (Å²) in [5.41, 5.74) is 1.89. The molecular weight excluding hydrogens is 316 g/mol. The predicted octanol–water partition coefficient (Wildman–Crippen LogP) is 2.94. The summed E-state index contributed by atoms with van der Waals surface area (Å²) in [4.78, 5) is 17.7. The molecule has 0 spiro atoms. The number of morpholine rings is 1. The second-order valence-electron chi connectivity index (χ2n) is 6.90. The van der Waals surface area contributed by atoms with Gasteiger partial charge in [-0.1, -0.05) is 12.1 Å². The highest BCUT2D eigenvalue weighted by atomic mass is 16.5. The average Bonchev–Trinajstić information content (AvgIpc) is 2.69. The largest absolute Gasteiger partial charge is 0.385 e. The van der Waals surface area contributed by atoms with Crippen molar-refractivity contribution < 1.29 is 14.3 Å². The van der Waals surface area contributed by atoms with Gasteiger partial charge in [0.2, 0.25) is 0 Å². The molecule has 2 aliphatic heterocycles. The van der Waals surface area contributed by atoms with E-state index >= 15 is 0 Å². The Hall–Kier alpha value is -1.59. The fraction of sp³-hybridized carbons (Fsp3) is 0.650. The first-order valence-electron chi connectivity index (χ1n) is 9.53. The number of piperidine rings is 1. The molecule has 1 atom stereocenters. The Balaban J connectivity index is 1.76. The number of hydrogen-bond acceptors (Lipinski definition) is 4. The fourth-order valence-corrected chi connectivity index (χ4v) is 3.92. The second kappa shape index (κ2) is 9.20. The third-order valence-electron chi connectivity index (χ3n) is 5.26. The van der Waals surface area contributed by atoms with E-state index in [-0.39, 0.29) is 5.91 Å². The molecule has 0 N–H and O–H groups in total. The Morgan fingerprint density at radius 1 is 1.20 bits per heavy atom. The number of hydrogen-bond donors (Lipinski definition) is 0. The monoisotopic (exact) mass is 346 g/mol.